The molecule has 0 bridgehead atoms. The van der Waals surface area contributed by atoms with Crippen LogP contribution in [0.15, 0.2) is 9.78 Å². The molecule has 0 spiro atoms. The Kier molecular flexibility index (Phi) is 5.18. The van der Waals surface area contributed by atoms with Gasteiger partial charge in [-0.05, 0) is 35.9 Å². The van der Waals surface area contributed by atoms with E-state index in [0.717, 1.165) is 6.42 Å². The van der Waals surface area contributed by atoms with Crippen LogP contribution in [-0.2, 0) is 0 Å². The summed E-state index contributed by atoms with van der Waals surface area (Å²) in [5.74, 6) is 0. The van der Waals surface area contributed by atoms with Crippen molar-refractivity contribution in [3.63, 3.8) is 0 Å². The predicted octanol–water partition coefficient (Wildman–Crippen LogP) is 1.60. The van der Waals surface area contributed by atoms with Gasteiger partial charge in [-0.2, -0.15) is 0 Å². The highest BCUT2D eigenvalue weighted by atomic mass is 127. The lowest BCUT2D eigenvalue weighted by atomic mass is 10.5. The van der Waals surface area contributed by atoms with Gasteiger partial charge in [0.05, 0.1) is 0 Å². The number of hydrogen-bond donors (Lipinski definition) is 2. The quantitative estimate of drug-likeness (QED) is 0.581. The average molecular weight is 241 g/mol. The Morgan fingerprint density at radius 1 is 1.89 bits per heavy atom. The molecule has 0 amide bonds. The summed E-state index contributed by atoms with van der Waals surface area (Å²) in [6, 6.07) is 0. The van der Waals surface area contributed by atoms with E-state index in [0.29, 0.717) is 0 Å². The van der Waals surface area contributed by atoms with Gasteiger partial charge in [0.1, 0.15) is 6.23 Å². The molecule has 0 saturated heterocycles. The minimum Gasteiger partial charge on any atom is -0.374 e. The molecule has 1 atom stereocenters. The second-order valence-corrected chi connectivity index (χ2v) is 3.17. The van der Waals surface area contributed by atoms with Gasteiger partial charge in [0, 0.05) is 9.78 Å². The van der Waals surface area contributed by atoms with E-state index in [4.69, 9.17) is 5.11 Å². The number of aliphatic hydroxyl groups excluding tert-OH is 1. The lowest BCUT2D eigenvalue weighted by molar-refractivity contribution is 0.173. The maximum atomic E-state index is 8.74. The zero-order valence-corrected chi connectivity index (χ0v) is 7.84. The summed E-state index contributed by atoms with van der Waals surface area (Å²) in [5.41, 5.74) is 0. The van der Waals surface area contributed by atoms with Gasteiger partial charge in [-0.3, -0.25) is 0 Å². The molecular weight excluding hydrogens is 229 g/mol. The Balaban J connectivity index is 3.43. The third-order valence-corrected chi connectivity index (χ3v) is 1.89. The van der Waals surface area contributed by atoms with Crippen molar-refractivity contribution < 1.29 is 5.11 Å². The minimum absolute atomic E-state index is 0.443. The van der Waals surface area contributed by atoms with Gasteiger partial charge in [-0.25, -0.2) is 0 Å². The van der Waals surface area contributed by atoms with E-state index in [1.807, 2.05) is 6.20 Å². The molecule has 0 aromatic carbocycles. The third-order valence-electron chi connectivity index (χ3n) is 0.819. The molecule has 2 N–H and O–H groups in total. The van der Waals surface area contributed by atoms with Crippen LogP contribution in [0.3, 0.4) is 0 Å². The van der Waals surface area contributed by atoms with Gasteiger partial charge in [0.2, 0.25) is 0 Å². The lowest BCUT2D eigenvalue weighted by Crippen LogP contribution is -2.18. The van der Waals surface area contributed by atoms with Crippen molar-refractivity contribution in [2.24, 2.45) is 0 Å². The van der Waals surface area contributed by atoms with Crippen molar-refractivity contribution in [1.82, 2.24) is 5.32 Å². The Hall–Kier alpha value is 0.230. The fraction of sp³-hybridized carbons (Fsp3) is 0.667. The van der Waals surface area contributed by atoms with Crippen molar-refractivity contribution in [3.05, 3.63) is 9.78 Å². The van der Waals surface area contributed by atoms with E-state index in [2.05, 4.69) is 34.8 Å². The largest absolute Gasteiger partial charge is 0.374 e. The molecular formula is C6H12INO. The molecule has 0 saturated carbocycles. The predicted molar refractivity (Wildman–Crippen MR) is 47.2 cm³/mol. The second-order valence-electron chi connectivity index (χ2n) is 1.79. The SMILES string of the molecule is CC/C(I)=C\N[C@@H](C)O. The number of nitrogens with one attached hydrogen (secondary N) is 1. The summed E-state index contributed by atoms with van der Waals surface area (Å²) in [6.45, 7) is 3.76. The highest BCUT2D eigenvalue weighted by molar-refractivity contribution is 14.1. The van der Waals surface area contributed by atoms with Crippen molar-refractivity contribution in [2.75, 3.05) is 0 Å². The van der Waals surface area contributed by atoms with Crippen LogP contribution in [0.4, 0.5) is 0 Å². The Morgan fingerprint density at radius 2 is 2.44 bits per heavy atom. The molecule has 0 aliphatic rings. The zero-order valence-electron chi connectivity index (χ0n) is 5.69. The van der Waals surface area contributed by atoms with Crippen molar-refractivity contribution in [3.8, 4) is 0 Å². The normalized spacial score (nSPS) is 15.3. The number of rotatable bonds is 3. The summed E-state index contributed by atoms with van der Waals surface area (Å²) >= 11 is 2.23. The van der Waals surface area contributed by atoms with Crippen LogP contribution in [0.5, 0.6) is 0 Å². The topological polar surface area (TPSA) is 32.3 Å². The number of allylic oxidation sites excluding steroid dienone is 1. The second kappa shape index (κ2) is 5.05. The van der Waals surface area contributed by atoms with Crippen LogP contribution in [-0.4, -0.2) is 11.3 Å². The van der Waals surface area contributed by atoms with Gasteiger partial charge in [0.15, 0.2) is 0 Å². The average Bonchev–Trinajstić information content (AvgIpc) is 1.83. The molecule has 0 aliphatic carbocycles. The first-order valence-corrected chi connectivity index (χ1v) is 4.03. The van der Waals surface area contributed by atoms with E-state index in [9.17, 15) is 0 Å². The first-order valence-electron chi connectivity index (χ1n) is 2.95. The molecule has 0 aromatic rings. The van der Waals surface area contributed by atoms with Crippen LogP contribution in [0.2, 0.25) is 0 Å². The van der Waals surface area contributed by atoms with Gasteiger partial charge >= 0.3 is 0 Å². The Labute approximate surface area is 69.5 Å². The number of halogens is 1. The van der Waals surface area contributed by atoms with Crippen molar-refractivity contribution in [2.45, 2.75) is 26.5 Å². The van der Waals surface area contributed by atoms with E-state index in [1.54, 1.807) is 6.92 Å². The fourth-order valence-electron chi connectivity index (χ4n) is 0.313. The van der Waals surface area contributed by atoms with Gasteiger partial charge < -0.3 is 10.4 Å². The molecule has 0 aromatic heterocycles. The third kappa shape index (κ3) is 6.11. The highest BCUT2D eigenvalue weighted by Gasteiger charge is 1.88. The Bertz CT molecular complexity index is 101. The molecule has 54 valence electrons. The smallest absolute Gasteiger partial charge is 0.121 e. The molecule has 0 unspecified atom stereocenters. The number of hydrogen-bond acceptors (Lipinski definition) is 2. The minimum atomic E-state index is -0.443. The van der Waals surface area contributed by atoms with Crippen molar-refractivity contribution >= 4 is 22.6 Å². The Morgan fingerprint density at radius 3 is 2.78 bits per heavy atom. The van der Waals surface area contributed by atoms with Gasteiger partial charge in [-0.15, -0.1) is 0 Å². The van der Waals surface area contributed by atoms with Crippen LogP contribution < -0.4 is 5.32 Å². The zero-order chi connectivity index (χ0) is 7.28. The summed E-state index contributed by atoms with van der Waals surface area (Å²) < 4.78 is 1.22. The maximum Gasteiger partial charge on any atom is 0.121 e. The summed E-state index contributed by atoms with van der Waals surface area (Å²) in [4.78, 5) is 0. The highest BCUT2D eigenvalue weighted by Crippen LogP contribution is 2.07. The van der Waals surface area contributed by atoms with E-state index >= 15 is 0 Å². The van der Waals surface area contributed by atoms with Crippen LogP contribution in [0.1, 0.15) is 20.3 Å². The number of aliphatic hydroxyl groups is 1. The molecule has 0 aliphatic heterocycles. The molecule has 9 heavy (non-hydrogen) atoms. The summed E-state index contributed by atoms with van der Waals surface area (Å²) in [6.07, 6.45) is 2.40. The molecule has 0 rings (SSSR count). The van der Waals surface area contributed by atoms with Crippen molar-refractivity contribution in [1.29, 1.82) is 0 Å². The van der Waals surface area contributed by atoms with Gasteiger partial charge in [-0.1, -0.05) is 6.92 Å². The standard InChI is InChI=1S/C6H12INO/c1-3-6(7)4-8-5(2)9/h4-5,8-9H,3H2,1-2H3/b6-4+/t5-/m1/s1. The van der Waals surface area contributed by atoms with Gasteiger partial charge in [0.25, 0.3) is 0 Å². The maximum absolute atomic E-state index is 8.74. The fourth-order valence-corrected chi connectivity index (χ4v) is 0.493. The molecule has 2 nitrogen and oxygen atoms in total. The van der Waals surface area contributed by atoms with Crippen LogP contribution in [0.25, 0.3) is 0 Å². The van der Waals surface area contributed by atoms with E-state index < -0.39 is 6.23 Å². The molecule has 3 heteroatoms. The first kappa shape index (κ1) is 9.23. The summed E-state index contributed by atoms with van der Waals surface area (Å²) in [7, 11) is 0. The molecule has 0 fully saturated rings. The lowest BCUT2D eigenvalue weighted by Gasteiger charge is -2.02. The van der Waals surface area contributed by atoms with E-state index in [1.165, 1.54) is 3.58 Å². The molecule has 0 radical (unpaired) electrons. The van der Waals surface area contributed by atoms with E-state index in [-0.39, 0.29) is 0 Å². The summed E-state index contributed by atoms with van der Waals surface area (Å²) in [5, 5.41) is 11.5. The monoisotopic (exact) mass is 241 g/mol. The molecule has 0 heterocycles. The van der Waals surface area contributed by atoms with Crippen LogP contribution >= 0.6 is 22.6 Å². The first-order chi connectivity index (χ1) is 4.16. The van der Waals surface area contributed by atoms with Crippen LogP contribution in [0, 0.1) is 0 Å².